The van der Waals surface area contributed by atoms with Crippen LogP contribution in [0.4, 0.5) is 0 Å². The molecule has 0 atom stereocenters. The fourth-order valence-electron chi connectivity index (χ4n) is 1.97. The first-order valence-electron chi connectivity index (χ1n) is 5.96. The Balaban J connectivity index is 2.08. The van der Waals surface area contributed by atoms with Crippen LogP contribution in [0.3, 0.4) is 0 Å². The fraction of sp³-hybridized carbons (Fsp3) is 0.462. The molecule has 1 saturated carbocycles. The Bertz CT molecular complexity index is 426. The van der Waals surface area contributed by atoms with Crippen LogP contribution in [0.5, 0.6) is 5.75 Å². The maximum absolute atomic E-state index is 10.8. The molecule has 0 aliphatic heterocycles. The second-order valence-corrected chi connectivity index (χ2v) is 5.15. The summed E-state index contributed by atoms with van der Waals surface area (Å²) in [5.74, 6) is -0.148. The highest BCUT2D eigenvalue weighted by molar-refractivity contribution is 6.31. The van der Waals surface area contributed by atoms with Crippen LogP contribution < -0.4 is 0 Å². The summed E-state index contributed by atoms with van der Waals surface area (Å²) >= 11 is 6.03. The van der Waals surface area contributed by atoms with Gasteiger partial charge in [0.05, 0.1) is 6.54 Å². The Morgan fingerprint density at radius 2 is 2.17 bits per heavy atom. The molecule has 4 nitrogen and oxygen atoms in total. The molecule has 1 aliphatic rings. The molecule has 0 saturated heterocycles. The zero-order chi connectivity index (χ0) is 13.1. The third-order valence-electron chi connectivity index (χ3n) is 3.05. The highest BCUT2D eigenvalue weighted by Gasteiger charge is 2.26. The molecule has 1 aliphatic carbocycles. The number of halogens is 1. The van der Waals surface area contributed by atoms with Crippen molar-refractivity contribution in [2.24, 2.45) is 5.92 Å². The van der Waals surface area contributed by atoms with Gasteiger partial charge in [-0.25, -0.2) is 0 Å². The Morgan fingerprint density at radius 1 is 1.44 bits per heavy atom. The van der Waals surface area contributed by atoms with Crippen LogP contribution in [0.15, 0.2) is 18.2 Å². The summed E-state index contributed by atoms with van der Waals surface area (Å²) in [7, 11) is 0. The van der Waals surface area contributed by atoms with Gasteiger partial charge < -0.3 is 10.2 Å². The summed E-state index contributed by atoms with van der Waals surface area (Å²) in [5.41, 5.74) is 0.598. The molecule has 0 aromatic heterocycles. The lowest BCUT2D eigenvalue weighted by atomic mass is 10.1. The van der Waals surface area contributed by atoms with Crippen LogP contribution in [0, 0.1) is 5.92 Å². The Hall–Kier alpha value is -1.26. The minimum Gasteiger partial charge on any atom is -0.508 e. The van der Waals surface area contributed by atoms with E-state index in [1.54, 1.807) is 18.2 Å². The Labute approximate surface area is 111 Å². The minimum atomic E-state index is -0.859. The largest absolute Gasteiger partial charge is 0.508 e. The van der Waals surface area contributed by atoms with E-state index in [1.165, 1.54) is 0 Å². The standard InChI is InChI=1S/C13H16ClNO3/c14-11-2-1-3-12(16)10(11)7-15(8-13(17)18)6-9-4-5-9/h1-3,9,16H,4-8H2,(H,17,18). The number of nitrogens with zero attached hydrogens (tertiary/aromatic N) is 1. The zero-order valence-electron chi connectivity index (χ0n) is 9.97. The fourth-order valence-corrected chi connectivity index (χ4v) is 2.20. The quantitative estimate of drug-likeness (QED) is 0.832. The first kappa shape index (κ1) is 13.2. The second kappa shape index (κ2) is 5.59. The molecule has 2 rings (SSSR count). The molecule has 0 spiro atoms. The summed E-state index contributed by atoms with van der Waals surface area (Å²) in [6, 6.07) is 4.94. The number of carboxylic acid groups (broad SMARTS) is 1. The van der Waals surface area contributed by atoms with Gasteiger partial charge in [-0.05, 0) is 30.9 Å². The highest BCUT2D eigenvalue weighted by Crippen LogP contribution is 2.32. The molecular formula is C13H16ClNO3. The highest BCUT2D eigenvalue weighted by atomic mass is 35.5. The van der Waals surface area contributed by atoms with Crippen LogP contribution in [-0.2, 0) is 11.3 Å². The summed E-state index contributed by atoms with van der Waals surface area (Å²) in [6.07, 6.45) is 2.31. The molecule has 1 aromatic carbocycles. The summed E-state index contributed by atoms with van der Waals surface area (Å²) < 4.78 is 0. The number of hydrogen-bond acceptors (Lipinski definition) is 3. The monoisotopic (exact) mass is 269 g/mol. The molecule has 0 heterocycles. The lowest BCUT2D eigenvalue weighted by molar-refractivity contribution is -0.138. The van der Waals surface area contributed by atoms with Gasteiger partial charge in [-0.2, -0.15) is 0 Å². The first-order chi connectivity index (χ1) is 8.56. The van der Waals surface area contributed by atoms with Crippen LogP contribution in [-0.4, -0.2) is 34.2 Å². The van der Waals surface area contributed by atoms with Crippen molar-refractivity contribution >= 4 is 17.6 Å². The van der Waals surface area contributed by atoms with Crippen molar-refractivity contribution in [2.75, 3.05) is 13.1 Å². The number of hydrogen-bond donors (Lipinski definition) is 2. The van der Waals surface area contributed by atoms with E-state index in [0.717, 1.165) is 19.4 Å². The third-order valence-corrected chi connectivity index (χ3v) is 3.40. The minimum absolute atomic E-state index is 0.0266. The summed E-state index contributed by atoms with van der Waals surface area (Å²) in [6.45, 7) is 1.09. The van der Waals surface area contributed by atoms with E-state index >= 15 is 0 Å². The topological polar surface area (TPSA) is 60.8 Å². The number of carboxylic acids is 1. The van der Waals surface area contributed by atoms with Gasteiger partial charge in [0.1, 0.15) is 5.75 Å². The van der Waals surface area contributed by atoms with Gasteiger partial charge in [-0.15, -0.1) is 0 Å². The van der Waals surface area contributed by atoms with Gasteiger partial charge in [0.25, 0.3) is 0 Å². The van der Waals surface area contributed by atoms with E-state index in [-0.39, 0.29) is 12.3 Å². The van der Waals surface area contributed by atoms with Gasteiger partial charge in [0.2, 0.25) is 0 Å². The average Bonchev–Trinajstić information content (AvgIpc) is 3.06. The van der Waals surface area contributed by atoms with Crippen molar-refractivity contribution < 1.29 is 15.0 Å². The lowest BCUT2D eigenvalue weighted by Gasteiger charge is -2.21. The van der Waals surface area contributed by atoms with E-state index in [9.17, 15) is 9.90 Å². The lowest BCUT2D eigenvalue weighted by Crippen LogP contribution is -2.31. The molecule has 2 N–H and O–H groups in total. The Kier molecular flexibility index (Phi) is 4.09. The molecule has 5 heteroatoms. The van der Waals surface area contributed by atoms with Crippen molar-refractivity contribution in [3.8, 4) is 5.75 Å². The number of phenolic OH excluding ortho intramolecular Hbond substituents is 1. The van der Waals surface area contributed by atoms with E-state index in [0.29, 0.717) is 23.0 Å². The predicted octanol–water partition coefficient (Wildman–Crippen LogP) is 2.34. The number of rotatable bonds is 6. The molecule has 18 heavy (non-hydrogen) atoms. The number of benzene rings is 1. The van der Waals surface area contributed by atoms with Gasteiger partial charge in [0.15, 0.2) is 0 Å². The number of phenols is 1. The van der Waals surface area contributed by atoms with Crippen molar-refractivity contribution in [3.63, 3.8) is 0 Å². The Morgan fingerprint density at radius 3 is 2.72 bits per heavy atom. The smallest absolute Gasteiger partial charge is 0.317 e. The van der Waals surface area contributed by atoms with Crippen LogP contribution in [0.1, 0.15) is 18.4 Å². The van der Waals surface area contributed by atoms with Crippen molar-refractivity contribution in [2.45, 2.75) is 19.4 Å². The molecule has 0 bridgehead atoms. The molecule has 0 radical (unpaired) electrons. The molecular weight excluding hydrogens is 254 g/mol. The number of carbonyl (C=O) groups is 1. The number of aliphatic carboxylic acids is 1. The van der Waals surface area contributed by atoms with E-state index in [2.05, 4.69) is 0 Å². The molecule has 98 valence electrons. The first-order valence-corrected chi connectivity index (χ1v) is 6.34. The maximum atomic E-state index is 10.8. The van der Waals surface area contributed by atoms with Crippen molar-refractivity contribution in [3.05, 3.63) is 28.8 Å². The van der Waals surface area contributed by atoms with Gasteiger partial charge in [-0.3, -0.25) is 9.69 Å². The van der Waals surface area contributed by atoms with Gasteiger partial charge in [-0.1, -0.05) is 17.7 Å². The summed E-state index contributed by atoms with van der Waals surface area (Å²) in [4.78, 5) is 12.7. The molecule has 0 unspecified atom stereocenters. The normalized spacial score (nSPS) is 15.0. The third kappa shape index (κ3) is 3.62. The van der Waals surface area contributed by atoms with Gasteiger partial charge in [0, 0.05) is 23.7 Å². The maximum Gasteiger partial charge on any atom is 0.317 e. The molecule has 1 fully saturated rings. The van der Waals surface area contributed by atoms with Crippen LogP contribution in [0.2, 0.25) is 5.02 Å². The second-order valence-electron chi connectivity index (χ2n) is 4.74. The SMILES string of the molecule is O=C(O)CN(Cc1c(O)cccc1Cl)CC1CC1. The van der Waals surface area contributed by atoms with Gasteiger partial charge >= 0.3 is 5.97 Å². The van der Waals surface area contributed by atoms with Crippen molar-refractivity contribution in [1.82, 2.24) is 4.90 Å². The number of aromatic hydroxyl groups is 1. The van der Waals surface area contributed by atoms with E-state index < -0.39 is 5.97 Å². The molecule has 0 amide bonds. The zero-order valence-corrected chi connectivity index (χ0v) is 10.7. The van der Waals surface area contributed by atoms with E-state index in [1.807, 2.05) is 4.90 Å². The average molecular weight is 270 g/mol. The molecule has 1 aromatic rings. The van der Waals surface area contributed by atoms with Crippen LogP contribution in [0.25, 0.3) is 0 Å². The van der Waals surface area contributed by atoms with Crippen molar-refractivity contribution in [1.29, 1.82) is 0 Å². The predicted molar refractivity (Wildman–Crippen MR) is 68.8 cm³/mol. The summed E-state index contributed by atoms with van der Waals surface area (Å²) in [5, 5.41) is 19.1. The van der Waals surface area contributed by atoms with E-state index in [4.69, 9.17) is 16.7 Å². The van der Waals surface area contributed by atoms with Crippen LogP contribution >= 0.6 is 11.6 Å².